The van der Waals surface area contributed by atoms with Crippen molar-refractivity contribution in [3.63, 3.8) is 0 Å². The number of hydrogen-bond donors (Lipinski definition) is 2. The van der Waals surface area contributed by atoms with Gasteiger partial charge in [0.25, 0.3) is 0 Å². The molecule has 0 radical (unpaired) electrons. The van der Waals surface area contributed by atoms with Crippen molar-refractivity contribution in [3.05, 3.63) is 29.8 Å². The van der Waals surface area contributed by atoms with Crippen molar-refractivity contribution >= 4 is 6.09 Å². The number of benzene rings is 1. The molecule has 0 saturated carbocycles. The molecule has 1 unspecified atom stereocenters. The topological polar surface area (TPSA) is 73.6 Å². The third kappa shape index (κ3) is 2.56. The predicted octanol–water partition coefficient (Wildman–Crippen LogP) is 1.58. The lowest BCUT2D eigenvalue weighted by atomic mass is 9.94. The van der Waals surface area contributed by atoms with Crippen LogP contribution in [0.2, 0.25) is 0 Å². The first-order valence-corrected chi connectivity index (χ1v) is 5.94. The van der Waals surface area contributed by atoms with Gasteiger partial charge in [-0.05, 0) is 19.9 Å². The monoisotopic (exact) mass is 250 g/mol. The van der Waals surface area contributed by atoms with Gasteiger partial charge in [0.15, 0.2) is 0 Å². The quantitative estimate of drug-likeness (QED) is 0.796. The Morgan fingerprint density at radius 3 is 2.94 bits per heavy atom. The van der Waals surface area contributed by atoms with Crippen LogP contribution in [0.5, 0.6) is 5.75 Å². The van der Waals surface area contributed by atoms with Gasteiger partial charge >= 0.3 is 6.09 Å². The van der Waals surface area contributed by atoms with Gasteiger partial charge in [-0.15, -0.1) is 0 Å². The number of fused-ring (bicyclic) bond motifs is 1. The number of amides is 1. The molecular weight excluding hydrogens is 232 g/mol. The molecule has 1 aliphatic heterocycles. The largest absolute Gasteiger partial charge is 0.486 e. The predicted molar refractivity (Wildman–Crippen MR) is 67.4 cm³/mol. The molecule has 18 heavy (non-hydrogen) atoms. The number of carbonyl (C=O) groups is 1. The van der Waals surface area contributed by atoms with Crippen molar-refractivity contribution < 1.29 is 14.3 Å². The molecule has 0 saturated heterocycles. The second-order valence-electron chi connectivity index (χ2n) is 4.80. The Morgan fingerprint density at radius 2 is 2.22 bits per heavy atom. The first-order chi connectivity index (χ1) is 8.50. The average Bonchev–Trinajstić information content (AvgIpc) is 2.54. The van der Waals surface area contributed by atoms with Crippen LogP contribution in [0.3, 0.4) is 0 Å². The van der Waals surface area contributed by atoms with Crippen molar-refractivity contribution in [2.45, 2.75) is 25.5 Å². The minimum atomic E-state index is -0.751. The summed E-state index contributed by atoms with van der Waals surface area (Å²) in [5.41, 5.74) is 5.71. The van der Waals surface area contributed by atoms with Crippen molar-refractivity contribution in [1.29, 1.82) is 0 Å². The van der Waals surface area contributed by atoms with E-state index >= 15 is 0 Å². The summed E-state index contributed by atoms with van der Waals surface area (Å²) in [5, 5.41) is 3.33. The van der Waals surface area contributed by atoms with Gasteiger partial charge in [0.2, 0.25) is 0 Å². The summed E-state index contributed by atoms with van der Waals surface area (Å²) in [7, 11) is 0. The van der Waals surface area contributed by atoms with Gasteiger partial charge in [-0.3, -0.25) is 0 Å². The van der Waals surface area contributed by atoms with Gasteiger partial charge in [0, 0.05) is 12.1 Å². The summed E-state index contributed by atoms with van der Waals surface area (Å²) >= 11 is 0. The van der Waals surface area contributed by atoms with E-state index in [-0.39, 0.29) is 18.2 Å². The molecule has 2 rings (SSSR count). The minimum Gasteiger partial charge on any atom is -0.486 e. The maximum atomic E-state index is 10.5. The maximum absolute atomic E-state index is 10.5. The zero-order valence-corrected chi connectivity index (χ0v) is 10.6. The number of nitrogens with two attached hydrogens (primary N) is 1. The lowest BCUT2D eigenvalue weighted by Gasteiger charge is -2.27. The van der Waals surface area contributed by atoms with Crippen LogP contribution >= 0.6 is 0 Å². The fourth-order valence-corrected chi connectivity index (χ4v) is 2.24. The number of ether oxygens (including phenoxy) is 2. The zero-order chi connectivity index (χ0) is 13.2. The average molecular weight is 250 g/mol. The molecule has 0 spiro atoms. The Morgan fingerprint density at radius 1 is 1.50 bits per heavy atom. The van der Waals surface area contributed by atoms with E-state index in [0.717, 1.165) is 11.3 Å². The first kappa shape index (κ1) is 12.7. The van der Waals surface area contributed by atoms with Crippen LogP contribution in [0.15, 0.2) is 24.3 Å². The molecule has 1 aliphatic rings. The third-order valence-electron chi connectivity index (χ3n) is 2.99. The molecule has 0 fully saturated rings. The van der Waals surface area contributed by atoms with Gasteiger partial charge < -0.3 is 20.5 Å². The molecule has 1 heterocycles. The highest BCUT2D eigenvalue weighted by atomic mass is 16.5. The van der Waals surface area contributed by atoms with E-state index in [1.54, 1.807) is 0 Å². The van der Waals surface area contributed by atoms with E-state index in [2.05, 4.69) is 5.32 Å². The summed E-state index contributed by atoms with van der Waals surface area (Å²) in [6.45, 7) is 4.85. The highest BCUT2D eigenvalue weighted by molar-refractivity contribution is 5.64. The molecule has 1 amide bonds. The highest BCUT2D eigenvalue weighted by Gasteiger charge is 2.40. The molecule has 3 N–H and O–H groups in total. The molecule has 98 valence electrons. The van der Waals surface area contributed by atoms with E-state index in [9.17, 15) is 4.79 Å². The van der Waals surface area contributed by atoms with Crippen LogP contribution in [-0.2, 0) is 4.74 Å². The third-order valence-corrected chi connectivity index (χ3v) is 2.99. The molecule has 0 bridgehead atoms. The van der Waals surface area contributed by atoms with Gasteiger partial charge in [0.05, 0.1) is 6.04 Å². The number of carbonyl (C=O) groups excluding carboxylic acids is 1. The van der Waals surface area contributed by atoms with Gasteiger partial charge in [0.1, 0.15) is 18.0 Å². The van der Waals surface area contributed by atoms with Crippen LogP contribution in [0.25, 0.3) is 0 Å². The number of hydrogen-bond acceptors (Lipinski definition) is 4. The highest BCUT2D eigenvalue weighted by Crippen LogP contribution is 2.42. The van der Waals surface area contributed by atoms with Crippen LogP contribution in [0.4, 0.5) is 4.79 Å². The lowest BCUT2D eigenvalue weighted by molar-refractivity contribution is 0.0922. The number of nitrogens with one attached hydrogen (secondary N) is 1. The van der Waals surface area contributed by atoms with Crippen LogP contribution < -0.4 is 15.8 Å². The molecule has 0 aliphatic carbocycles. The van der Waals surface area contributed by atoms with E-state index in [0.29, 0.717) is 6.54 Å². The first-order valence-electron chi connectivity index (χ1n) is 5.94. The zero-order valence-electron chi connectivity index (χ0n) is 10.6. The normalized spacial score (nSPS) is 20.0. The van der Waals surface area contributed by atoms with Crippen molar-refractivity contribution in [2.24, 2.45) is 5.73 Å². The van der Waals surface area contributed by atoms with Gasteiger partial charge in [-0.1, -0.05) is 18.2 Å². The second-order valence-corrected chi connectivity index (χ2v) is 4.80. The molecule has 5 nitrogen and oxygen atoms in total. The summed E-state index contributed by atoms with van der Waals surface area (Å²) in [6.07, 6.45) is -0.751. The number of rotatable bonds is 4. The molecule has 1 atom stereocenters. The van der Waals surface area contributed by atoms with E-state index < -0.39 is 6.09 Å². The minimum absolute atomic E-state index is 0.0742. The van der Waals surface area contributed by atoms with Gasteiger partial charge in [-0.25, -0.2) is 4.79 Å². The van der Waals surface area contributed by atoms with Crippen molar-refractivity contribution in [2.75, 3.05) is 13.2 Å². The Bertz CT molecular complexity index is 446. The maximum Gasteiger partial charge on any atom is 0.404 e. The standard InChI is InChI=1S/C13H18N2O3/c1-13(2)11(15-7-8-17-12(14)16)9-5-3-4-6-10(9)18-13/h3-6,11,15H,7-8H2,1-2H3,(H2,14,16). The molecule has 0 aromatic heterocycles. The molecule has 1 aromatic rings. The van der Waals surface area contributed by atoms with E-state index in [1.165, 1.54) is 0 Å². The van der Waals surface area contributed by atoms with E-state index in [4.69, 9.17) is 15.2 Å². The second kappa shape index (κ2) is 4.86. The lowest BCUT2D eigenvalue weighted by Crippen LogP contribution is -2.40. The van der Waals surface area contributed by atoms with Crippen LogP contribution in [0.1, 0.15) is 25.5 Å². The van der Waals surface area contributed by atoms with Crippen LogP contribution in [0, 0.1) is 0 Å². The summed E-state index contributed by atoms with van der Waals surface area (Å²) in [4.78, 5) is 10.5. The number of primary amides is 1. The smallest absolute Gasteiger partial charge is 0.404 e. The van der Waals surface area contributed by atoms with Crippen molar-refractivity contribution in [3.8, 4) is 5.75 Å². The SMILES string of the molecule is CC1(C)Oc2ccccc2C1NCCOC(N)=O. The summed E-state index contributed by atoms with van der Waals surface area (Å²) < 4.78 is 10.6. The van der Waals surface area contributed by atoms with Crippen LogP contribution in [-0.4, -0.2) is 24.8 Å². The molecular formula is C13H18N2O3. The molecule has 5 heteroatoms. The Kier molecular flexibility index (Phi) is 3.43. The van der Waals surface area contributed by atoms with Crippen molar-refractivity contribution in [1.82, 2.24) is 5.32 Å². The number of para-hydroxylation sites is 1. The Hall–Kier alpha value is -1.75. The summed E-state index contributed by atoms with van der Waals surface area (Å²) in [5.74, 6) is 0.899. The Labute approximate surface area is 106 Å². The fourth-order valence-electron chi connectivity index (χ4n) is 2.24. The molecule has 1 aromatic carbocycles. The fraction of sp³-hybridized carbons (Fsp3) is 0.462. The summed E-state index contributed by atoms with van der Waals surface area (Å²) in [6, 6.07) is 8.01. The Balaban J connectivity index is 2.00. The van der Waals surface area contributed by atoms with Gasteiger partial charge in [-0.2, -0.15) is 0 Å². The van der Waals surface area contributed by atoms with E-state index in [1.807, 2.05) is 38.1 Å².